The summed E-state index contributed by atoms with van der Waals surface area (Å²) in [5.74, 6) is -10.1. The summed E-state index contributed by atoms with van der Waals surface area (Å²) in [6, 6.07) is 1.49. The zero-order chi connectivity index (χ0) is 52.6. The number of carbonyl (C=O) groups excluding carboxylic acids is 9. The van der Waals surface area contributed by atoms with Crippen LogP contribution in [0.25, 0.3) is 0 Å². The highest BCUT2D eigenvalue weighted by molar-refractivity contribution is 8.76. The molecule has 26 nitrogen and oxygen atoms in total. The van der Waals surface area contributed by atoms with E-state index in [1.165, 1.54) is 28.7 Å². The van der Waals surface area contributed by atoms with Crippen LogP contribution in [0.2, 0.25) is 0 Å². The van der Waals surface area contributed by atoms with Crippen molar-refractivity contribution in [1.29, 1.82) is 0 Å². The first kappa shape index (κ1) is 61.2. The lowest BCUT2D eigenvalue weighted by Gasteiger charge is -2.26. The Morgan fingerprint density at radius 1 is 0.746 bits per heavy atom. The zero-order valence-corrected chi connectivity index (χ0v) is 42.1. The van der Waals surface area contributed by atoms with Gasteiger partial charge in [-0.2, -0.15) is 0 Å². The molecule has 6 atom stereocenters. The number of hydrogen-bond donors (Lipinski definition) is 13. The topological polar surface area (TPSA) is 408 Å². The van der Waals surface area contributed by atoms with Crippen LogP contribution in [-0.4, -0.2) is 183 Å². The number of carboxylic acids is 1. The highest BCUT2D eigenvalue weighted by Gasteiger charge is 2.33. The molecule has 396 valence electrons. The fourth-order valence-corrected chi connectivity index (χ4v) is 8.46. The summed E-state index contributed by atoms with van der Waals surface area (Å²) in [5, 5.41) is 30.6. The lowest BCUT2D eigenvalue weighted by atomic mass is 10.1. The first-order valence-corrected chi connectivity index (χ1v) is 26.2. The third kappa shape index (κ3) is 26.2. The molecule has 16 N–H and O–H groups in total. The molecule has 1 aromatic carbocycles. The highest BCUT2D eigenvalue weighted by Crippen LogP contribution is 2.19. The number of aliphatic imine (C=N–C) groups is 1. The molecule has 0 saturated carbocycles. The van der Waals surface area contributed by atoms with Crippen LogP contribution in [-0.2, 0) is 63.8 Å². The number of nitrogens with one attached hydrogen (secondary N) is 9. The van der Waals surface area contributed by atoms with E-state index >= 15 is 0 Å². The molecular weight excluding hydrogens is 991 g/mol. The normalized spacial score (nSPS) is 21.7. The fourth-order valence-electron chi connectivity index (χ4n) is 6.30. The van der Waals surface area contributed by atoms with E-state index in [1.807, 2.05) is 0 Å². The summed E-state index contributed by atoms with van der Waals surface area (Å²) < 4.78 is 10.4. The number of amides is 9. The number of carboxylic acid groups (broad SMARTS) is 1. The number of benzene rings is 1. The molecule has 1 aliphatic rings. The molecule has 0 bridgehead atoms. The standard InChI is InChI=1S/C42H67N13O13S3/c1-67-17-18-68-16-15-46-40(66)41-55-38(64)28(19-25-9-4-3-5-10-25)51-31(56)22-49-36(62)29(20-34(59)60)52-32(57)21-48-35(61)26(12-8-14-47-42(44)45)53-39(65)30(23-71-69-2)54-37(63)27(11-6-7-13-43)50-33(58)24-70-41/h3-5,9-10,26-30,41H,6-8,11-24,43H2,1-2H3,(H,46,66)(H,48,61)(H,49,62)(H,50,58)(H,51,56)(H,52,57)(H,53,65)(H,54,63)(H,55,64)(H,59,60)(H4,44,45,47)/t26-,27-,28-,29-,30-,41?/m0/s1. The van der Waals surface area contributed by atoms with Gasteiger partial charge in [-0.15, -0.1) is 11.8 Å². The highest BCUT2D eigenvalue weighted by atomic mass is 33.1. The first-order valence-electron chi connectivity index (χ1n) is 22.4. The van der Waals surface area contributed by atoms with Crippen molar-refractivity contribution in [2.75, 3.05) is 77.4 Å². The number of guanidine groups is 1. The van der Waals surface area contributed by atoms with Crippen molar-refractivity contribution in [3.63, 3.8) is 0 Å². The van der Waals surface area contributed by atoms with Crippen molar-refractivity contribution in [2.24, 2.45) is 22.2 Å². The lowest BCUT2D eigenvalue weighted by molar-refractivity contribution is -0.141. The van der Waals surface area contributed by atoms with Gasteiger partial charge >= 0.3 is 5.97 Å². The first-order chi connectivity index (χ1) is 34.0. The van der Waals surface area contributed by atoms with Crippen molar-refractivity contribution < 1.29 is 62.5 Å². The molecule has 1 unspecified atom stereocenters. The molecule has 1 aliphatic heterocycles. The van der Waals surface area contributed by atoms with E-state index in [9.17, 15) is 53.1 Å². The van der Waals surface area contributed by atoms with E-state index < -0.39 is 120 Å². The Morgan fingerprint density at radius 3 is 1.97 bits per heavy atom. The van der Waals surface area contributed by atoms with Crippen molar-refractivity contribution >= 4 is 98.4 Å². The van der Waals surface area contributed by atoms with Gasteiger partial charge in [0.25, 0.3) is 5.91 Å². The molecule has 1 fully saturated rings. The Balaban J connectivity index is 2.62. The van der Waals surface area contributed by atoms with E-state index in [4.69, 9.17) is 26.7 Å². The third-order valence-corrected chi connectivity index (χ3v) is 12.8. The Hall–Kier alpha value is -5.88. The van der Waals surface area contributed by atoms with E-state index in [2.05, 4.69) is 52.8 Å². The van der Waals surface area contributed by atoms with Gasteiger partial charge in [0.1, 0.15) is 30.2 Å². The number of methoxy groups -OCH3 is 1. The van der Waals surface area contributed by atoms with Gasteiger partial charge in [-0.25, -0.2) is 0 Å². The van der Waals surface area contributed by atoms with Crippen LogP contribution < -0.4 is 65.1 Å². The van der Waals surface area contributed by atoms with E-state index in [1.54, 1.807) is 36.6 Å². The Morgan fingerprint density at radius 2 is 1.34 bits per heavy atom. The van der Waals surface area contributed by atoms with E-state index in [-0.39, 0.29) is 70.2 Å². The van der Waals surface area contributed by atoms with Crippen LogP contribution in [0, 0.1) is 0 Å². The molecule has 71 heavy (non-hydrogen) atoms. The van der Waals surface area contributed by atoms with Crippen LogP contribution in [0.3, 0.4) is 0 Å². The lowest BCUT2D eigenvalue weighted by Crippen LogP contribution is -2.58. The van der Waals surface area contributed by atoms with Crippen LogP contribution >= 0.6 is 33.3 Å². The second-order valence-corrected chi connectivity index (χ2v) is 19.2. The largest absolute Gasteiger partial charge is 0.481 e. The van der Waals surface area contributed by atoms with Gasteiger partial charge in [-0.3, -0.25) is 52.9 Å². The Kier molecular flexibility index (Phi) is 30.4. The number of thioether (sulfide) groups is 1. The molecule has 2 rings (SSSR count). The number of hydrogen-bond acceptors (Lipinski definition) is 17. The van der Waals surface area contributed by atoms with Crippen LogP contribution in [0.1, 0.15) is 44.1 Å². The number of carbonyl (C=O) groups is 10. The van der Waals surface area contributed by atoms with Gasteiger partial charge in [-0.05, 0) is 50.5 Å². The minimum Gasteiger partial charge on any atom is -0.481 e. The summed E-state index contributed by atoms with van der Waals surface area (Å²) >= 11 is 0.693. The van der Waals surface area contributed by atoms with Crippen LogP contribution in [0.15, 0.2) is 35.3 Å². The van der Waals surface area contributed by atoms with Gasteiger partial charge in [0, 0.05) is 32.4 Å². The van der Waals surface area contributed by atoms with Crippen molar-refractivity contribution in [2.45, 2.75) is 80.5 Å². The molecule has 0 aliphatic carbocycles. The number of unbranched alkanes of at least 4 members (excludes halogenated alkanes) is 1. The number of nitrogens with zero attached hydrogens (tertiary/aromatic N) is 1. The summed E-state index contributed by atoms with van der Waals surface area (Å²) in [6.45, 7) is -0.688. The number of ether oxygens (including phenoxy) is 2. The second kappa shape index (κ2) is 35.3. The molecule has 29 heteroatoms. The maximum absolute atomic E-state index is 14.0. The maximum atomic E-state index is 14.0. The van der Waals surface area contributed by atoms with Crippen molar-refractivity contribution in [3.05, 3.63) is 35.9 Å². The quantitative estimate of drug-likeness (QED) is 0.0225. The summed E-state index contributed by atoms with van der Waals surface area (Å²) in [5.41, 5.74) is 17.2. The monoisotopic (exact) mass is 1060 g/mol. The fraction of sp³-hybridized carbons (Fsp3) is 0.595. The van der Waals surface area contributed by atoms with Gasteiger partial charge in [0.15, 0.2) is 11.3 Å². The number of aliphatic carboxylic acids is 1. The molecule has 1 saturated heterocycles. The minimum atomic E-state index is -1.75. The van der Waals surface area contributed by atoms with Gasteiger partial charge in [-0.1, -0.05) is 51.9 Å². The third-order valence-electron chi connectivity index (χ3n) is 9.84. The van der Waals surface area contributed by atoms with Crippen molar-refractivity contribution in [1.82, 2.24) is 47.9 Å². The zero-order valence-electron chi connectivity index (χ0n) is 39.6. The van der Waals surface area contributed by atoms with Crippen LogP contribution in [0.5, 0.6) is 0 Å². The smallest absolute Gasteiger partial charge is 0.305 e. The maximum Gasteiger partial charge on any atom is 0.305 e. The molecule has 9 amide bonds. The van der Waals surface area contributed by atoms with Crippen molar-refractivity contribution in [3.8, 4) is 0 Å². The minimum absolute atomic E-state index is 0.00450. The Bertz CT molecular complexity index is 1950. The average Bonchev–Trinajstić information content (AvgIpc) is 3.33. The van der Waals surface area contributed by atoms with Gasteiger partial charge < -0.3 is 79.6 Å². The molecule has 0 radical (unpaired) electrons. The second-order valence-electron chi connectivity index (χ2n) is 15.5. The predicted octanol–water partition coefficient (Wildman–Crippen LogP) is -4.48. The molecule has 0 aromatic heterocycles. The molecule has 1 aromatic rings. The summed E-state index contributed by atoms with van der Waals surface area (Å²) in [4.78, 5) is 138. The Labute approximate surface area is 423 Å². The van der Waals surface area contributed by atoms with E-state index in [0.717, 1.165) is 0 Å². The summed E-state index contributed by atoms with van der Waals surface area (Å²) in [6.07, 6.45) is 1.71. The average molecular weight is 1060 g/mol. The predicted molar refractivity (Wildman–Crippen MR) is 267 cm³/mol. The summed E-state index contributed by atoms with van der Waals surface area (Å²) in [7, 11) is 3.99. The molecular formula is C42H67N13O13S3. The molecule has 1 heterocycles. The number of nitrogens with two attached hydrogens (primary N) is 3. The van der Waals surface area contributed by atoms with Gasteiger partial charge in [0.05, 0.1) is 45.1 Å². The van der Waals surface area contributed by atoms with E-state index in [0.29, 0.717) is 36.8 Å². The van der Waals surface area contributed by atoms with Gasteiger partial charge in [0.2, 0.25) is 47.3 Å². The SMILES string of the molecule is COCCOCCNC(=O)C1NC(=O)[C@H](Cc2ccccc2)NC(=O)CNC(=O)[C@H](CC(=O)O)NC(=O)CNC(=O)[C@H](CCCN=C(N)N)NC(=O)[C@H](CSSC)NC(=O)[C@H](CCCCN)NC(=O)CS1. The molecule has 0 spiro atoms. The number of rotatable bonds is 22. The van der Waals surface area contributed by atoms with Crippen LogP contribution in [0.4, 0.5) is 0 Å².